The van der Waals surface area contributed by atoms with Crippen molar-refractivity contribution in [2.24, 2.45) is 0 Å². The van der Waals surface area contributed by atoms with Crippen LogP contribution in [0.25, 0.3) is 0 Å². The van der Waals surface area contributed by atoms with E-state index in [1.807, 2.05) is 12.1 Å². The molecular weight excluding hydrogens is 314 g/mol. The minimum atomic E-state index is 0.188. The van der Waals surface area contributed by atoms with E-state index in [9.17, 15) is 0 Å². The Kier molecular flexibility index (Phi) is 3.53. The average Bonchev–Trinajstić information content (AvgIpc) is 2.58. The van der Waals surface area contributed by atoms with Gasteiger partial charge in [0.05, 0.1) is 5.69 Å². The lowest BCUT2D eigenvalue weighted by Crippen LogP contribution is -2.05. The summed E-state index contributed by atoms with van der Waals surface area (Å²) in [5.74, 6) is 0.989. The van der Waals surface area contributed by atoms with Crippen LogP contribution in [0, 0.1) is 0 Å². The van der Waals surface area contributed by atoms with Gasteiger partial charge in [0.2, 0.25) is 0 Å². The van der Waals surface area contributed by atoms with Crippen molar-refractivity contribution in [2.45, 2.75) is 12.8 Å². The molecule has 1 unspecified atom stereocenters. The molecular formula is C17H16BrNO. The fourth-order valence-corrected chi connectivity index (χ4v) is 3.22. The number of ether oxygens (including phenoxy) is 1. The summed E-state index contributed by atoms with van der Waals surface area (Å²) in [5.41, 5.74) is 10.5. The molecule has 0 spiro atoms. The molecule has 2 aromatic carbocycles. The molecule has 1 aliphatic heterocycles. The van der Waals surface area contributed by atoms with Gasteiger partial charge >= 0.3 is 0 Å². The number of hydrogen-bond donors (Lipinski definition) is 1. The Morgan fingerprint density at radius 3 is 2.70 bits per heavy atom. The molecule has 1 atom stereocenters. The second-order valence-electron chi connectivity index (χ2n) is 5.02. The Bertz CT molecular complexity index is 664. The van der Waals surface area contributed by atoms with E-state index >= 15 is 0 Å². The Morgan fingerprint density at radius 2 is 1.95 bits per heavy atom. The monoisotopic (exact) mass is 329 g/mol. The molecule has 0 aromatic heterocycles. The molecule has 2 nitrogen and oxygen atoms in total. The predicted octanol–water partition coefficient (Wildman–Crippen LogP) is 4.50. The fourth-order valence-electron chi connectivity index (χ4n) is 2.73. The molecule has 0 saturated heterocycles. The molecule has 0 aliphatic carbocycles. The molecule has 2 aromatic rings. The van der Waals surface area contributed by atoms with Crippen molar-refractivity contribution in [1.29, 1.82) is 0 Å². The summed E-state index contributed by atoms with van der Waals surface area (Å²) in [6.45, 7) is 2.71. The molecule has 0 saturated carbocycles. The van der Waals surface area contributed by atoms with Crippen molar-refractivity contribution in [3.05, 3.63) is 69.7 Å². The van der Waals surface area contributed by atoms with Crippen molar-refractivity contribution in [1.82, 2.24) is 0 Å². The molecule has 0 amide bonds. The summed E-state index contributed by atoms with van der Waals surface area (Å²) in [6.07, 6.45) is 2.13. The van der Waals surface area contributed by atoms with Crippen molar-refractivity contribution in [3.8, 4) is 5.75 Å². The second-order valence-corrected chi connectivity index (χ2v) is 5.93. The fraction of sp³-hybridized carbons (Fsp3) is 0.176. The van der Waals surface area contributed by atoms with Gasteiger partial charge in [0.15, 0.2) is 0 Å². The van der Waals surface area contributed by atoms with E-state index < -0.39 is 0 Å². The maximum Gasteiger partial charge on any atom is 0.146 e. The molecule has 3 heteroatoms. The number of anilines is 1. The zero-order valence-electron chi connectivity index (χ0n) is 11.3. The third kappa shape index (κ3) is 2.34. The number of benzene rings is 2. The highest BCUT2D eigenvalue weighted by Gasteiger charge is 2.24. The van der Waals surface area contributed by atoms with Crippen LogP contribution in [0.3, 0.4) is 0 Å². The van der Waals surface area contributed by atoms with Crippen molar-refractivity contribution in [2.75, 3.05) is 12.3 Å². The minimum absolute atomic E-state index is 0.188. The quantitative estimate of drug-likeness (QED) is 0.617. The van der Waals surface area contributed by atoms with Crippen LogP contribution >= 0.6 is 15.9 Å². The molecule has 102 valence electrons. The van der Waals surface area contributed by atoms with Crippen molar-refractivity contribution >= 4 is 21.6 Å². The first-order valence-electron chi connectivity index (χ1n) is 6.60. The summed E-state index contributed by atoms with van der Waals surface area (Å²) in [7, 11) is 0. The lowest BCUT2D eigenvalue weighted by Gasteiger charge is -2.20. The number of hydrogen-bond acceptors (Lipinski definition) is 2. The molecule has 1 aliphatic rings. The Balaban J connectivity index is 2.23. The Hall–Kier alpha value is -1.74. The van der Waals surface area contributed by atoms with Crippen LogP contribution in [-0.4, -0.2) is 6.61 Å². The standard InChI is InChI=1S/C17H16BrNO/c1-11-7-8-20-17-14(9-13(18)10-15(17)19)16(11)12-5-3-2-4-6-12/h2-7,9-10,16H,8,19H2,1H3. The third-order valence-electron chi connectivity index (χ3n) is 3.64. The first kappa shape index (κ1) is 13.3. The zero-order chi connectivity index (χ0) is 14.1. The predicted molar refractivity (Wildman–Crippen MR) is 86.1 cm³/mol. The topological polar surface area (TPSA) is 35.2 Å². The molecule has 0 radical (unpaired) electrons. The van der Waals surface area contributed by atoms with Crippen molar-refractivity contribution < 1.29 is 4.74 Å². The van der Waals surface area contributed by atoms with Crippen LogP contribution in [0.15, 0.2) is 58.6 Å². The molecule has 3 rings (SSSR count). The highest BCUT2D eigenvalue weighted by molar-refractivity contribution is 9.10. The van der Waals surface area contributed by atoms with E-state index in [1.54, 1.807) is 0 Å². The van der Waals surface area contributed by atoms with Crippen molar-refractivity contribution in [3.63, 3.8) is 0 Å². The molecule has 0 bridgehead atoms. The van der Waals surface area contributed by atoms with E-state index in [1.165, 1.54) is 11.1 Å². The molecule has 2 N–H and O–H groups in total. The Labute approximate surface area is 127 Å². The number of allylic oxidation sites excluding steroid dienone is 1. The number of nitrogens with two attached hydrogens (primary N) is 1. The van der Waals surface area contributed by atoms with E-state index in [0.29, 0.717) is 12.3 Å². The molecule has 0 fully saturated rings. The smallest absolute Gasteiger partial charge is 0.146 e. The van der Waals surface area contributed by atoms with Gasteiger partial charge in [0.25, 0.3) is 0 Å². The summed E-state index contributed by atoms with van der Waals surface area (Å²) >= 11 is 3.53. The van der Waals surface area contributed by atoms with Crippen LogP contribution in [0.4, 0.5) is 5.69 Å². The average molecular weight is 330 g/mol. The largest absolute Gasteiger partial charge is 0.487 e. The minimum Gasteiger partial charge on any atom is -0.487 e. The van der Waals surface area contributed by atoms with Crippen LogP contribution < -0.4 is 10.5 Å². The maximum absolute atomic E-state index is 6.12. The van der Waals surface area contributed by atoms with Crippen LogP contribution in [0.1, 0.15) is 24.0 Å². The van der Waals surface area contributed by atoms with Gasteiger partial charge in [-0.1, -0.05) is 51.8 Å². The van der Waals surface area contributed by atoms with Gasteiger partial charge < -0.3 is 10.5 Å². The van der Waals surface area contributed by atoms with Crippen LogP contribution in [0.2, 0.25) is 0 Å². The molecule has 1 heterocycles. The van der Waals surface area contributed by atoms with Gasteiger partial charge in [0.1, 0.15) is 12.4 Å². The van der Waals surface area contributed by atoms with Crippen LogP contribution in [0.5, 0.6) is 5.75 Å². The van der Waals surface area contributed by atoms with Gasteiger partial charge in [-0.15, -0.1) is 0 Å². The van der Waals surface area contributed by atoms with E-state index in [0.717, 1.165) is 15.8 Å². The number of nitrogen functional groups attached to an aromatic ring is 1. The van der Waals surface area contributed by atoms with Gasteiger partial charge in [0, 0.05) is 16.0 Å². The van der Waals surface area contributed by atoms with Gasteiger partial charge in [-0.2, -0.15) is 0 Å². The zero-order valence-corrected chi connectivity index (χ0v) is 12.9. The van der Waals surface area contributed by atoms with Crippen LogP contribution in [-0.2, 0) is 0 Å². The first-order chi connectivity index (χ1) is 9.66. The highest BCUT2D eigenvalue weighted by Crippen LogP contribution is 2.43. The van der Waals surface area contributed by atoms with E-state index in [2.05, 4.69) is 59.3 Å². The lowest BCUT2D eigenvalue weighted by atomic mass is 9.85. The van der Waals surface area contributed by atoms with Gasteiger partial charge in [-0.3, -0.25) is 0 Å². The number of fused-ring (bicyclic) bond motifs is 1. The van der Waals surface area contributed by atoms with E-state index in [4.69, 9.17) is 10.5 Å². The number of rotatable bonds is 1. The lowest BCUT2D eigenvalue weighted by molar-refractivity contribution is 0.364. The Morgan fingerprint density at radius 1 is 1.20 bits per heavy atom. The first-order valence-corrected chi connectivity index (χ1v) is 7.39. The normalized spacial score (nSPS) is 17.7. The maximum atomic E-state index is 6.12. The summed E-state index contributed by atoms with van der Waals surface area (Å²) in [4.78, 5) is 0. The second kappa shape index (κ2) is 5.33. The number of halogens is 1. The highest BCUT2D eigenvalue weighted by atomic mass is 79.9. The third-order valence-corrected chi connectivity index (χ3v) is 4.10. The SMILES string of the molecule is CC1=CCOc2c(N)cc(Br)cc2C1c1ccccc1. The molecule has 20 heavy (non-hydrogen) atoms. The summed E-state index contributed by atoms with van der Waals surface area (Å²) in [5, 5.41) is 0. The van der Waals surface area contributed by atoms with E-state index in [-0.39, 0.29) is 5.92 Å². The summed E-state index contributed by atoms with van der Waals surface area (Å²) in [6, 6.07) is 14.5. The van der Waals surface area contributed by atoms with Gasteiger partial charge in [-0.25, -0.2) is 0 Å². The summed E-state index contributed by atoms with van der Waals surface area (Å²) < 4.78 is 6.81. The van der Waals surface area contributed by atoms with Gasteiger partial charge in [-0.05, 0) is 30.7 Å².